The lowest BCUT2D eigenvalue weighted by Crippen LogP contribution is -2.32. The van der Waals surface area contributed by atoms with E-state index in [1.54, 1.807) is 18.2 Å². The van der Waals surface area contributed by atoms with Crippen molar-refractivity contribution >= 4 is 16.7 Å². The molecule has 0 bridgehead atoms. The van der Waals surface area contributed by atoms with E-state index in [0.29, 0.717) is 18.7 Å². The highest BCUT2D eigenvalue weighted by Gasteiger charge is 2.20. The summed E-state index contributed by atoms with van der Waals surface area (Å²) in [6.07, 6.45) is 0.866. The predicted octanol–water partition coefficient (Wildman–Crippen LogP) is 2.78. The van der Waals surface area contributed by atoms with Gasteiger partial charge in [0, 0.05) is 30.7 Å². The van der Waals surface area contributed by atoms with Gasteiger partial charge < -0.3 is 10.1 Å². The Morgan fingerprint density at radius 2 is 1.92 bits per heavy atom. The molecule has 0 saturated carbocycles. The normalized spacial score (nSPS) is 14.4. The summed E-state index contributed by atoms with van der Waals surface area (Å²) in [7, 11) is 0. The Morgan fingerprint density at radius 1 is 1.12 bits per heavy atom. The van der Waals surface area contributed by atoms with Crippen LogP contribution in [-0.2, 0) is 19.5 Å². The van der Waals surface area contributed by atoms with Crippen LogP contribution in [0.5, 0.6) is 0 Å². The van der Waals surface area contributed by atoms with Gasteiger partial charge in [-0.2, -0.15) is 0 Å². The van der Waals surface area contributed by atoms with E-state index in [1.807, 2.05) is 30.3 Å². The van der Waals surface area contributed by atoms with Crippen molar-refractivity contribution in [1.29, 1.82) is 0 Å². The minimum Gasteiger partial charge on any atom is -0.478 e. The first kappa shape index (κ1) is 15.6. The number of nitrogens with zero attached hydrogens (tertiary/aromatic N) is 1. The molecule has 2 heterocycles. The zero-order valence-electron chi connectivity index (χ0n) is 13.7. The second kappa shape index (κ2) is 6.18. The first-order valence-electron chi connectivity index (χ1n) is 8.29. The molecule has 126 valence electrons. The number of benzene rings is 2. The number of carbonyl (C=O) groups is 1. The van der Waals surface area contributed by atoms with Crippen LogP contribution in [0.1, 0.15) is 27.2 Å². The van der Waals surface area contributed by atoms with Crippen molar-refractivity contribution in [3.63, 3.8) is 0 Å². The minimum absolute atomic E-state index is 0.0518. The lowest BCUT2D eigenvalue weighted by Gasteiger charge is -2.29. The molecule has 1 aliphatic heterocycles. The molecule has 25 heavy (non-hydrogen) atoms. The molecule has 1 aliphatic rings. The Hall–Kier alpha value is -2.92. The number of hydrogen-bond acceptors (Lipinski definition) is 3. The second-order valence-electron chi connectivity index (χ2n) is 6.42. The van der Waals surface area contributed by atoms with E-state index >= 15 is 0 Å². The van der Waals surface area contributed by atoms with Crippen molar-refractivity contribution in [1.82, 2.24) is 9.88 Å². The van der Waals surface area contributed by atoms with Gasteiger partial charge in [-0.15, -0.1) is 0 Å². The first-order valence-corrected chi connectivity index (χ1v) is 8.29. The van der Waals surface area contributed by atoms with Gasteiger partial charge in [0.1, 0.15) is 0 Å². The van der Waals surface area contributed by atoms with Crippen LogP contribution < -0.4 is 5.56 Å². The fraction of sp³-hybridized carbons (Fsp3) is 0.200. The number of fused-ring (bicyclic) bond motifs is 3. The molecule has 0 aliphatic carbocycles. The number of H-pyrrole nitrogens is 1. The first-order chi connectivity index (χ1) is 12.1. The molecule has 0 fully saturated rings. The van der Waals surface area contributed by atoms with Crippen LogP contribution in [0.2, 0.25) is 0 Å². The molecule has 0 unspecified atom stereocenters. The zero-order valence-corrected chi connectivity index (χ0v) is 13.7. The number of aromatic carboxylic acids is 1. The molecule has 5 heteroatoms. The van der Waals surface area contributed by atoms with Gasteiger partial charge in [-0.05, 0) is 41.1 Å². The monoisotopic (exact) mass is 334 g/mol. The predicted molar refractivity (Wildman–Crippen MR) is 95.8 cm³/mol. The van der Waals surface area contributed by atoms with Crippen LogP contribution in [0, 0.1) is 0 Å². The number of aromatic amines is 1. The van der Waals surface area contributed by atoms with E-state index in [-0.39, 0.29) is 5.56 Å². The van der Waals surface area contributed by atoms with E-state index in [4.69, 9.17) is 5.11 Å². The molecule has 0 amide bonds. The smallest absolute Gasteiger partial charge is 0.335 e. The van der Waals surface area contributed by atoms with Crippen molar-refractivity contribution in [2.75, 3.05) is 6.54 Å². The van der Waals surface area contributed by atoms with E-state index in [9.17, 15) is 9.59 Å². The van der Waals surface area contributed by atoms with Crippen LogP contribution in [0.3, 0.4) is 0 Å². The van der Waals surface area contributed by atoms with Gasteiger partial charge in [-0.1, -0.05) is 30.3 Å². The number of pyridine rings is 1. The Kier molecular flexibility index (Phi) is 3.86. The third-order valence-electron chi connectivity index (χ3n) is 4.77. The number of aromatic nitrogens is 1. The molecule has 1 aromatic heterocycles. The summed E-state index contributed by atoms with van der Waals surface area (Å²) in [4.78, 5) is 28.7. The van der Waals surface area contributed by atoms with E-state index in [1.165, 1.54) is 5.56 Å². The summed E-state index contributed by atoms with van der Waals surface area (Å²) in [5.41, 5.74) is 3.39. The average Bonchev–Trinajstić information content (AvgIpc) is 2.62. The quantitative estimate of drug-likeness (QED) is 0.772. The SMILES string of the molecule is O=C(O)c1cccc(CN2CCc3c([nH]c(=O)c4ccccc34)C2)c1. The lowest BCUT2D eigenvalue weighted by atomic mass is 9.97. The highest BCUT2D eigenvalue weighted by Crippen LogP contribution is 2.24. The second-order valence-corrected chi connectivity index (χ2v) is 6.42. The van der Waals surface area contributed by atoms with Gasteiger partial charge in [0.25, 0.3) is 5.56 Å². The molecule has 2 aromatic carbocycles. The van der Waals surface area contributed by atoms with Gasteiger partial charge in [-0.25, -0.2) is 4.79 Å². The van der Waals surface area contributed by atoms with Crippen LogP contribution in [-0.4, -0.2) is 27.5 Å². The van der Waals surface area contributed by atoms with Gasteiger partial charge in [0.05, 0.1) is 5.56 Å². The lowest BCUT2D eigenvalue weighted by molar-refractivity contribution is 0.0696. The molecule has 0 spiro atoms. The van der Waals surface area contributed by atoms with Crippen LogP contribution >= 0.6 is 0 Å². The fourth-order valence-electron chi connectivity index (χ4n) is 3.58. The summed E-state index contributed by atoms with van der Waals surface area (Å²) in [5.74, 6) is -0.915. The van der Waals surface area contributed by atoms with E-state index in [2.05, 4.69) is 9.88 Å². The van der Waals surface area contributed by atoms with Crippen molar-refractivity contribution in [2.45, 2.75) is 19.5 Å². The maximum absolute atomic E-state index is 12.3. The molecule has 3 aromatic rings. The number of nitrogens with one attached hydrogen (secondary N) is 1. The van der Waals surface area contributed by atoms with Crippen molar-refractivity contribution < 1.29 is 9.90 Å². The van der Waals surface area contributed by atoms with E-state index in [0.717, 1.165) is 35.0 Å². The van der Waals surface area contributed by atoms with Gasteiger partial charge >= 0.3 is 5.97 Å². The molecule has 0 saturated heterocycles. The number of hydrogen-bond donors (Lipinski definition) is 2. The largest absolute Gasteiger partial charge is 0.478 e. The van der Waals surface area contributed by atoms with Gasteiger partial charge in [-0.3, -0.25) is 9.69 Å². The third-order valence-corrected chi connectivity index (χ3v) is 4.77. The standard InChI is InChI=1S/C20H18N2O3/c23-19-17-7-2-1-6-15(17)16-8-9-22(12-18(16)21-19)11-13-4-3-5-14(10-13)20(24)25/h1-7,10H,8-9,11-12H2,(H,21,23)(H,24,25). The molecular formula is C20H18N2O3. The topological polar surface area (TPSA) is 73.4 Å². The maximum Gasteiger partial charge on any atom is 0.335 e. The molecule has 2 N–H and O–H groups in total. The summed E-state index contributed by atoms with van der Waals surface area (Å²) in [6, 6.07) is 14.7. The maximum atomic E-state index is 12.3. The molecule has 0 radical (unpaired) electrons. The molecule has 4 rings (SSSR count). The Bertz CT molecular complexity index is 1020. The third kappa shape index (κ3) is 2.94. The Labute approximate surface area is 144 Å². The molecule has 0 atom stereocenters. The Balaban J connectivity index is 1.62. The summed E-state index contributed by atoms with van der Waals surface area (Å²) in [5, 5.41) is 10.9. The number of carboxylic acid groups (broad SMARTS) is 1. The van der Waals surface area contributed by atoms with Gasteiger partial charge in [0.15, 0.2) is 0 Å². The summed E-state index contributed by atoms with van der Waals surface area (Å²) in [6.45, 7) is 2.20. The fourth-order valence-corrected chi connectivity index (χ4v) is 3.58. The number of rotatable bonds is 3. The number of carboxylic acids is 1. The zero-order chi connectivity index (χ0) is 17.4. The van der Waals surface area contributed by atoms with Crippen molar-refractivity contribution in [2.24, 2.45) is 0 Å². The van der Waals surface area contributed by atoms with Crippen LogP contribution in [0.15, 0.2) is 53.3 Å². The Morgan fingerprint density at radius 3 is 2.72 bits per heavy atom. The van der Waals surface area contributed by atoms with Crippen molar-refractivity contribution in [3.8, 4) is 0 Å². The molecular weight excluding hydrogens is 316 g/mol. The highest BCUT2D eigenvalue weighted by molar-refractivity contribution is 5.87. The van der Waals surface area contributed by atoms with Crippen molar-refractivity contribution in [3.05, 3.63) is 81.3 Å². The minimum atomic E-state index is -0.915. The summed E-state index contributed by atoms with van der Waals surface area (Å²) < 4.78 is 0. The van der Waals surface area contributed by atoms with E-state index < -0.39 is 5.97 Å². The van der Waals surface area contributed by atoms with Crippen LogP contribution in [0.25, 0.3) is 10.8 Å². The van der Waals surface area contributed by atoms with Gasteiger partial charge in [0.2, 0.25) is 0 Å². The molecule has 5 nitrogen and oxygen atoms in total. The average molecular weight is 334 g/mol. The van der Waals surface area contributed by atoms with Crippen LogP contribution in [0.4, 0.5) is 0 Å². The summed E-state index contributed by atoms with van der Waals surface area (Å²) >= 11 is 0. The highest BCUT2D eigenvalue weighted by atomic mass is 16.4.